The van der Waals surface area contributed by atoms with Crippen LogP contribution in [0.3, 0.4) is 0 Å². The van der Waals surface area contributed by atoms with Gasteiger partial charge in [0.15, 0.2) is 0 Å². The van der Waals surface area contributed by atoms with E-state index in [1.165, 1.54) is 11.8 Å². The molecule has 0 radical (unpaired) electrons. The van der Waals surface area contributed by atoms with Crippen molar-refractivity contribution in [1.29, 1.82) is 0 Å². The monoisotopic (exact) mass is 544 g/mol. The highest BCUT2D eigenvalue weighted by atomic mass is 32.2. The Morgan fingerprint density at radius 3 is 2.24 bits per heavy atom. The first kappa shape index (κ1) is 28.6. The van der Waals surface area contributed by atoms with E-state index in [0.29, 0.717) is 23.4 Å². The van der Waals surface area contributed by atoms with Crippen LogP contribution in [0.1, 0.15) is 53.5 Å². The van der Waals surface area contributed by atoms with Crippen LogP contribution in [-0.2, 0) is 23.6 Å². The van der Waals surface area contributed by atoms with Crippen LogP contribution in [0.4, 0.5) is 31.1 Å². The molecule has 200 valence electrons. The molecule has 37 heavy (non-hydrogen) atoms. The highest BCUT2D eigenvalue weighted by molar-refractivity contribution is 7.99. The van der Waals surface area contributed by atoms with Gasteiger partial charge in [-0.25, -0.2) is 4.79 Å². The first-order valence-electron chi connectivity index (χ1n) is 11.5. The first-order chi connectivity index (χ1) is 17.3. The van der Waals surface area contributed by atoms with Crippen molar-refractivity contribution in [2.45, 2.75) is 51.5 Å². The second kappa shape index (κ2) is 11.6. The normalized spacial score (nSPS) is 13.0. The van der Waals surface area contributed by atoms with E-state index in [1.54, 1.807) is 13.1 Å². The van der Waals surface area contributed by atoms with Crippen molar-refractivity contribution >= 4 is 28.8 Å². The molecule has 11 heteroatoms. The van der Waals surface area contributed by atoms with Gasteiger partial charge < -0.3 is 4.74 Å². The van der Waals surface area contributed by atoms with Gasteiger partial charge in [-0.2, -0.15) is 26.3 Å². The average molecular weight is 545 g/mol. The van der Waals surface area contributed by atoms with Crippen molar-refractivity contribution in [3.63, 3.8) is 0 Å². The first-order valence-corrected chi connectivity index (χ1v) is 12.6. The summed E-state index contributed by atoms with van der Waals surface area (Å²) >= 11 is 1.33. The van der Waals surface area contributed by atoms with Gasteiger partial charge in [0.2, 0.25) is 0 Å². The summed E-state index contributed by atoms with van der Waals surface area (Å²) < 4.78 is 85.8. The van der Waals surface area contributed by atoms with Crippen LogP contribution < -0.4 is 0 Å². The maximum Gasteiger partial charge on any atom is 0.416 e. The van der Waals surface area contributed by atoms with Crippen LogP contribution in [0, 0.1) is 6.92 Å². The zero-order chi connectivity index (χ0) is 27.4. The number of amides is 1. The van der Waals surface area contributed by atoms with E-state index in [1.807, 2.05) is 38.1 Å². The number of benzene rings is 2. The number of rotatable bonds is 8. The smallest absolute Gasteiger partial charge is 0.416 e. The fraction of sp³-hybridized carbons (Fsp3) is 0.385. The lowest BCUT2D eigenvalue weighted by Crippen LogP contribution is -2.34. The summed E-state index contributed by atoms with van der Waals surface area (Å²) in [5, 5.41) is 0.0297. The number of halogens is 6. The third-order valence-electron chi connectivity index (χ3n) is 5.48. The summed E-state index contributed by atoms with van der Waals surface area (Å²) in [5.74, 6) is 0.572. The minimum absolute atomic E-state index is 0.0218. The number of carbonyl (C=O) groups excluding carboxylic acids is 1. The molecule has 0 bridgehead atoms. The molecular formula is C26H26F6N2O2S. The van der Waals surface area contributed by atoms with Gasteiger partial charge in [0.1, 0.15) is 5.37 Å². The van der Waals surface area contributed by atoms with Crippen molar-refractivity contribution < 1.29 is 35.9 Å². The van der Waals surface area contributed by atoms with Gasteiger partial charge in [0.25, 0.3) is 0 Å². The van der Waals surface area contributed by atoms with Gasteiger partial charge in [0.05, 0.1) is 29.8 Å². The molecule has 1 aromatic heterocycles. The van der Waals surface area contributed by atoms with Crippen molar-refractivity contribution in [1.82, 2.24) is 9.88 Å². The molecule has 1 amide bonds. The van der Waals surface area contributed by atoms with Crippen LogP contribution in [0.15, 0.2) is 48.7 Å². The molecule has 0 aliphatic carbocycles. The Labute approximate surface area is 215 Å². The highest BCUT2D eigenvalue weighted by Crippen LogP contribution is 2.39. The second-order valence-corrected chi connectivity index (χ2v) is 9.57. The van der Waals surface area contributed by atoms with Crippen molar-refractivity contribution in [3.8, 4) is 0 Å². The predicted molar refractivity (Wildman–Crippen MR) is 131 cm³/mol. The quantitative estimate of drug-likeness (QED) is 0.211. The number of aryl methyl sites for hydroxylation is 1. The van der Waals surface area contributed by atoms with E-state index in [-0.39, 0.29) is 18.2 Å². The fourth-order valence-electron chi connectivity index (χ4n) is 3.82. The maximum atomic E-state index is 13.4. The molecule has 0 saturated carbocycles. The van der Waals surface area contributed by atoms with Crippen LogP contribution in [-0.4, -0.2) is 28.3 Å². The minimum atomic E-state index is -5.00. The Bertz CT molecular complexity index is 1210. The number of pyridine rings is 1. The molecule has 0 fully saturated rings. The number of thioether (sulfide) groups is 1. The molecular weight excluding hydrogens is 518 g/mol. The molecule has 0 saturated heterocycles. The Hall–Kier alpha value is -2.95. The van der Waals surface area contributed by atoms with E-state index in [4.69, 9.17) is 4.74 Å². The van der Waals surface area contributed by atoms with E-state index < -0.39 is 41.5 Å². The summed E-state index contributed by atoms with van der Waals surface area (Å²) in [6, 6.07) is 8.74. The van der Waals surface area contributed by atoms with Crippen LogP contribution in [0.2, 0.25) is 0 Å². The zero-order valence-corrected chi connectivity index (χ0v) is 21.2. The fourth-order valence-corrected chi connectivity index (χ4v) is 4.94. The Kier molecular flexibility index (Phi) is 8.99. The van der Waals surface area contributed by atoms with Gasteiger partial charge in [-0.1, -0.05) is 25.1 Å². The molecule has 0 spiro atoms. The Morgan fingerprint density at radius 1 is 1.03 bits per heavy atom. The van der Waals surface area contributed by atoms with E-state index >= 15 is 0 Å². The predicted octanol–water partition coefficient (Wildman–Crippen LogP) is 8.38. The average Bonchev–Trinajstić information content (AvgIpc) is 2.82. The molecule has 1 atom stereocenters. The molecule has 1 heterocycles. The summed E-state index contributed by atoms with van der Waals surface area (Å²) in [5.41, 5.74) is -0.938. The number of carbonyl (C=O) groups is 1. The molecule has 3 rings (SSSR count). The summed E-state index contributed by atoms with van der Waals surface area (Å²) in [4.78, 5) is 18.7. The van der Waals surface area contributed by atoms with Gasteiger partial charge >= 0.3 is 18.4 Å². The molecule has 2 aromatic carbocycles. The number of hydrogen-bond donors (Lipinski definition) is 0. The lowest BCUT2D eigenvalue weighted by molar-refractivity contribution is -0.143. The van der Waals surface area contributed by atoms with Crippen LogP contribution in [0.25, 0.3) is 10.9 Å². The lowest BCUT2D eigenvalue weighted by Gasteiger charge is -2.31. The SMILES string of the molecule is CCCSC(c1cnc2c(C)cccc2c1)N(Cc1cc(C(F)(F)F)cc(C(F)(F)F)c1)C(=O)OCC. The molecule has 0 aliphatic heterocycles. The molecule has 1 unspecified atom stereocenters. The standard InChI is InChI=1S/C26H26F6N2O2S/c1-4-9-37-23(19-12-18-8-6-7-16(3)22(18)33-14-19)34(24(35)36-5-2)15-17-10-20(25(27,28)29)13-21(11-17)26(30,31)32/h6-8,10-14,23H,4-5,9,15H2,1-3H3. The minimum Gasteiger partial charge on any atom is -0.450 e. The van der Waals surface area contributed by atoms with Crippen molar-refractivity contribution in [3.05, 3.63) is 76.5 Å². The highest BCUT2D eigenvalue weighted by Gasteiger charge is 2.37. The van der Waals surface area contributed by atoms with Gasteiger partial charge in [-0.3, -0.25) is 9.88 Å². The number of nitrogens with zero attached hydrogens (tertiary/aromatic N) is 2. The number of alkyl halides is 6. The van der Waals surface area contributed by atoms with E-state index in [0.717, 1.165) is 27.8 Å². The van der Waals surface area contributed by atoms with E-state index in [9.17, 15) is 31.1 Å². The number of fused-ring (bicyclic) bond motifs is 1. The Morgan fingerprint density at radius 2 is 1.68 bits per heavy atom. The number of hydrogen-bond acceptors (Lipinski definition) is 4. The molecule has 3 aromatic rings. The topological polar surface area (TPSA) is 42.4 Å². The summed E-state index contributed by atoms with van der Waals surface area (Å²) in [7, 11) is 0. The largest absolute Gasteiger partial charge is 0.450 e. The third-order valence-corrected chi connectivity index (χ3v) is 6.97. The molecule has 0 aliphatic rings. The second-order valence-electron chi connectivity index (χ2n) is 8.38. The van der Waals surface area contributed by atoms with Gasteiger partial charge in [-0.15, -0.1) is 11.8 Å². The van der Waals surface area contributed by atoms with Gasteiger partial charge in [-0.05, 0) is 61.4 Å². The van der Waals surface area contributed by atoms with Crippen LogP contribution >= 0.6 is 11.8 Å². The summed E-state index contributed by atoms with van der Waals surface area (Å²) in [6.07, 6.45) is -8.56. The third kappa shape index (κ3) is 7.09. The zero-order valence-electron chi connectivity index (χ0n) is 20.4. The van der Waals surface area contributed by atoms with E-state index in [2.05, 4.69) is 4.98 Å². The van der Waals surface area contributed by atoms with Crippen LogP contribution in [0.5, 0.6) is 0 Å². The molecule has 0 N–H and O–H groups in total. The van der Waals surface area contributed by atoms with Crippen molar-refractivity contribution in [2.24, 2.45) is 0 Å². The molecule has 4 nitrogen and oxygen atoms in total. The summed E-state index contributed by atoms with van der Waals surface area (Å²) in [6.45, 7) is 4.83. The Balaban J connectivity index is 2.13. The lowest BCUT2D eigenvalue weighted by atomic mass is 10.0. The maximum absolute atomic E-state index is 13.4. The number of ether oxygens (including phenoxy) is 1. The number of para-hydroxylation sites is 1. The van der Waals surface area contributed by atoms with Gasteiger partial charge in [0, 0.05) is 17.1 Å². The number of aromatic nitrogens is 1. The van der Waals surface area contributed by atoms with Crippen molar-refractivity contribution in [2.75, 3.05) is 12.4 Å².